The zero-order chi connectivity index (χ0) is 18.0. The predicted molar refractivity (Wildman–Crippen MR) is 96.4 cm³/mol. The van der Waals surface area contributed by atoms with Gasteiger partial charge in [0.1, 0.15) is 0 Å². The first-order valence-electron chi connectivity index (χ1n) is 8.27. The third kappa shape index (κ3) is 3.63. The van der Waals surface area contributed by atoms with E-state index in [-0.39, 0.29) is 5.91 Å². The second kappa shape index (κ2) is 6.93. The fraction of sp³-hybridized carbons (Fsp3) is 0.316. The molecule has 0 aliphatic heterocycles. The van der Waals surface area contributed by atoms with Gasteiger partial charge in [0.25, 0.3) is 0 Å². The first kappa shape index (κ1) is 17.0. The quantitative estimate of drug-likeness (QED) is 0.718. The summed E-state index contributed by atoms with van der Waals surface area (Å²) in [7, 11) is 3.69. The number of rotatable bonds is 5. The molecule has 0 atom stereocenters. The zero-order valence-electron chi connectivity index (χ0n) is 15.1. The standard InChI is InChI=1S/C19H23N5O/c1-14-18(15(2)24(21-14)17-8-6-5-7-9-17)10-19(25)22(3)12-16-11-20-23(4)13-16/h5-9,11,13H,10,12H2,1-4H3. The highest BCUT2D eigenvalue weighted by atomic mass is 16.2. The van der Waals surface area contributed by atoms with Crippen LogP contribution in [-0.4, -0.2) is 37.4 Å². The lowest BCUT2D eigenvalue weighted by atomic mass is 10.1. The lowest BCUT2D eigenvalue weighted by Crippen LogP contribution is -2.28. The number of amides is 1. The fourth-order valence-corrected chi connectivity index (χ4v) is 2.95. The summed E-state index contributed by atoms with van der Waals surface area (Å²) in [6.45, 7) is 4.52. The van der Waals surface area contributed by atoms with Crippen LogP contribution < -0.4 is 0 Å². The molecule has 0 aliphatic rings. The van der Waals surface area contributed by atoms with Crippen molar-refractivity contribution < 1.29 is 4.79 Å². The number of aromatic nitrogens is 4. The summed E-state index contributed by atoms with van der Waals surface area (Å²) in [5.41, 5.74) is 4.92. The van der Waals surface area contributed by atoms with Gasteiger partial charge in [-0.3, -0.25) is 9.48 Å². The maximum absolute atomic E-state index is 12.6. The molecule has 0 bridgehead atoms. The number of likely N-dealkylation sites (N-methyl/N-ethyl adjacent to an activating group) is 1. The molecule has 1 aromatic carbocycles. The monoisotopic (exact) mass is 337 g/mol. The van der Waals surface area contributed by atoms with E-state index in [4.69, 9.17) is 0 Å². The summed E-state index contributed by atoms with van der Waals surface area (Å²) in [6, 6.07) is 9.97. The van der Waals surface area contributed by atoms with Gasteiger partial charge in [0.2, 0.25) is 5.91 Å². The van der Waals surface area contributed by atoms with Gasteiger partial charge in [-0.15, -0.1) is 0 Å². The summed E-state index contributed by atoms with van der Waals surface area (Å²) in [5, 5.41) is 8.76. The average Bonchev–Trinajstić information content (AvgIpc) is 3.13. The van der Waals surface area contributed by atoms with Gasteiger partial charge in [0, 0.05) is 43.7 Å². The van der Waals surface area contributed by atoms with Gasteiger partial charge in [-0.1, -0.05) is 18.2 Å². The predicted octanol–water partition coefficient (Wildman–Crippen LogP) is 2.42. The van der Waals surface area contributed by atoms with Crippen LogP contribution in [0, 0.1) is 13.8 Å². The van der Waals surface area contributed by atoms with Crippen LogP contribution in [0.2, 0.25) is 0 Å². The molecule has 6 heteroatoms. The molecule has 0 saturated carbocycles. The first-order valence-corrected chi connectivity index (χ1v) is 8.27. The van der Waals surface area contributed by atoms with E-state index < -0.39 is 0 Å². The van der Waals surface area contributed by atoms with Crippen molar-refractivity contribution in [3.8, 4) is 5.69 Å². The third-order valence-electron chi connectivity index (χ3n) is 4.37. The van der Waals surface area contributed by atoms with E-state index in [0.717, 1.165) is 28.2 Å². The van der Waals surface area contributed by atoms with Gasteiger partial charge in [-0.2, -0.15) is 10.2 Å². The van der Waals surface area contributed by atoms with Gasteiger partial charge in [-0.05, 0) is 26.0 Å². The van der Waals surface area contributed by atoms with Gasteiger partial charge in [0.15, 0.2) is 0 Å². The van der Waals surface area contributed by atoms with Crippen LogP contribution in [0.5, 0.6) is 0 Å². The molecule has 2 heterocycles. The second-order valence-electron chi connectivity index (χ2n) is 6.35. The molecule has 25 heavy (non-hydrogen) atoms. The van der Waals surface area contributed by atoms with Crippen molar-refractivity contribution in [2.45, 2.75) is 26.8 Å². The molecular formula is C19H23N5O. The smallest absolute Gasteiger partial charge is 0.227 e. The highest BCUT2D eigenvalue weighted by Gasteiger charge is 2.18. The summed E-state index contributed by atoms with van der Waals surface area (Å²) in [6.07, 6.45) is 4.06. The molecular weight excluding hydrogens is 314 g/mol. The van der Waals surface area contributed by atoms with E-state index >= 15 is 0 Å². The molecule has 0 aliphatic carbocycles. The number of nitrogens with zero attached hydrogens (tertiary/aromatic N) is 5. The van der Waals surface area contributed by atoms with E-state index in [1.54, 1.807) is 15.8 Å². The first-order chi connectivity index (χ1) is 12.0. The van der Waals surface area contributed by atoms with Crippen molar-refractivity contribution >= 4 is 5.91 Å². The summed E-state index contributed by atoms with van der Waals surface area (Å²) < 4.78 is 3.64. The number of para-hydroxylation sites is 1. The van der Waals surface area contributed by atoms with Gasteiger partial charge in [-0.25, -0.2) is 4.68 Å². The van der Waals surface area contributed by atoms with Gasteiger partial charge in [0.05, 0.1) is 24.0 Å². The molecule has 0 fully saturated rings. The third-order valence-corrected chi connectivity index (χ3v) is 4.37. The number of hydrogen-bond donors (Lipinski definition) is 0. The molecule has 0 spiro atoms. The van der Waals surface area contributed by atoms with E-state index in [0.29, 0.717) is 13.0 Å². The molecule has 2 aromatic heterocycles. The molecule has 0 saturated heterocycles. The Balaban J connectivity index is 1.76. The molecule has 6 nitrogen and oxygen atoms in total. The summed E-state index contributed by atoms with van der Waals surface area (Å²) in [5.74, 6) is 0.0719. The van der Waals surface area contributed by atoms with Crippen LogP contribution in [0.25, 0.3) is 5.69 Å². The minimum Gasteiger partial charge on any atom is -0.341 e. The van der Waals surface area contributed by atoms with E-state index in [2.05, 4.69) is 10.2 Å². The Morgan fingerprint density at radius 2 is 1.92 bits per heavy atom. The highest BCUT2D eigenvalue weighted by Crippen LogP contribution is 2.19. The fourth-order valence-electron chi connectivity index (χ4n) is 2.95. The Bertz CT molecular complexity index is 879. The highest BCUT2D eigenvalue weighted by molar-refractivity contribution is 5.79. The molecule has 3 rings (SSSR count). The molecule has 130 valence electrons. The van der Waals surface area contributed by atoms with Crippen LogP contribution in [0.1, 0.15) is 22.5 Å². The molecule has 3 aromatic rings. The maximum atomic E-state index is 12.6. The van der Waals surface area contributed by atoms with Crippen molar-refractivity contribution in [2.24, 2.45) is 7.05 Å². The lowest BCUT2D eigenvalue weighted by molar-refractivity contribution is -0.129. The van der Waals surface area contributed by atoms with Crippen molar-refractivity contribution in [1.82, 2.24) is 24.5 Å². The van der Waals surface area contributed by atoms with Gasteiger partial charge < -0.3 is 4.90 Å². The SMILES string of the molecule is Cc1nn(-c2ccccc2)c(C)c1CC(=O)N(C)Cc1cnn(C)c1. The van der Waals surface area contributed by atoms with Crippen LogP contribution in [0.4, 0.5) is 0 Å². The molecule has 1 amide bonds. The lowest BCUT2D eigenvalue weighted by Gasteiger charge is -2.16. The number of hydrogen-bond acceptors (Lipinski definition) is 3. The van der Waals surface area contributed by atoms with Crippen LogP contribution in [0.15, 0.2) is 42.7 Å². The largest absolute Gasteiger partial charge is 0.341 e. The summed E-state index contributed by atoms with van der Waals surface area (Å²) >= 11 is 0. The minimum absolute atomic E-state index is 0.0719. The van der Waals surface area contributed by atoms with Gasteiger partial charge >= 0.3 is 0 Å². The number of aryl methyl sites for hydroxylation is 2. The Kier molecular flexibility index (Phi) is 4.70. The normalized spacial score (nSPS) is 10.9. The van der Waals surface area contributed by atoms with Crippen LogP contribution in [0.3, 0.4) is 0 Å². The van der Waals surface area contributed by atoms with Crippen molar-refractivity contribution in [1.29, 1.82) is 0 Å². The van der Waals surface area contributed by atoms with E-state index in [1.165, 1.54) is 0 Å². The Hall–Kier alpha value is -2.89. The van der Waals surface area contributed by atoms with E-state index in [9.17, 15) is 4.79 Å². The molecule has 0 unspecified atom stereocenters. The molecule has 0 N–H and O–H groups in total. The van der Waals surface area contributed by atoms with Crippen molar-refractivity contribution in [3.05, 3.63) is 65.2 Å². The van der Waals surface area contributed by atoms with Crippen molar-refractivity contribution in [2.75, 3.05) is 7.05 Å². The van der Waals surface area contributed by atoms with Crippen molar-refractivity contribution in [3.63, 3.8) is 0 Å². The number of benzene rings is 1. The Morgan fingerprint density at radius 1 is 1.20 bits per heavy atom. The minimum atomic E-state index is 0.0719. The topological polar surface area (TPSA) is 56.0 Å². The van der Waals surface area contributed by atoms with Crippen LogP contribution >= 0.6 is 0 Å². The maximum Gasteiger partial charge on any atom is 0.227 e. The molecule has 0 radical (unpaired) electrons. The Morgan fingerprint density at radius 3 is 2.56 bits per heavy atom. The number of carbonyl (C=O) groups is 1. The van der Waals surface area contributed by atoms with Crippen LogP contribution in [-0.2, 0) is 24.8 Å². The zero-order valence-corrected chi connectivity index (χ0v) is 15.1. The second-order valence-corrected chi connectivity index (χ2v) is 6.35. The summed E-state index contributed by atoms with van der Waals surface area (Å²) in [4.78, 5) is 14.4. The number of carbonyl (C=O) groups excluding carboxylic acids is 1. The average molecular weight is 337 g/mol. The Labute approximate surface area is 147 Å². The van der Waals surface area contributed by atoms with E-state index in [1.807, 2.05) is 69.2 Å².